The third kappa shape index (κ3) is 3.08. The van der Waals surface area contributed by atoms with E-state index in [1.807, 2.05) is 0 Å². The van der Waals surface area contributed by atoms with E-state index in [9.17, 15) is 4.39 Å². The van der Waals surface area contributed by atoms with Crippen LogP contribution in [0.3, 0.4) is 0 Å². The first-order valence-electron chi connectivity index (χ1n) is 5.55. The minimum absolute atomic E-state index is 0.189. The molecule has 0 spiro atoms. The van der Waals surface area contributed by atoms with Gasteiger partial charge >= 0.3 is 0 Å². The Morgan fingerprint density at radius 3 is 2.58 bits per heavy atom. The third-order valence-corrected chi connectivity index (χ3v) is 2.41. The van der Waals surface area contributed by atoms with Crippen LogP contribution in [0.4, 0.5) is 21.7 Å². The molecule has 0 atom stereocenters. The molecule has 0 bridgehead atoms. The summed E-state index contributed by atoms with van der Waals surface area (Å²) in [6.07, 6.45) is 0. The van der Waals surface area contributed by atoms with Crippen LogP contribution in [-0.4, -0.2) is 17.1 Å². The molecular weight excluding hydrogens is 249 g/mol. The fourth-order valence-electron chi connectivity index (χ4n) is 1.60. The van der Waals surface area contributed by atoms with E-state index in [0.717, 1.165) is 0 Å². The molecule has 0 saturated carbocycles. The Morgan fingerprint density at radius 1 is 1.21 bits per heavy atom. The lowest BCUT2D eigenvalue weighted by Gasteiger charge is -2.09. The standard InChI is InChI=1S/C12H14FN5O/c1-7-15-11(6-12(16-7)18-14)17-8-3-4-10(19-2)9(13)5-8/h3-6H,14H2,1-2H3,(H2,15,16,17,18). The van der Waals surface area contributed by atoms with Crippen molar-refractivity contribution in [2.75, 3.05) is 17.9 Å². The van der Waals surface area contributed by atoms with Gasteiger partial charge in [-0.05, 0) is 19.1 Å². The van der Waals surface area contributed by atoms with Gasteiger partial charge in [0, 0.05) is 17.8 Å². The van der Waals surface area contributed by atoms with Crippen molar-refractivity contribution in [2.24, 2.45) is 5.84 Å². The predicted molar refractivity (Wildman–Crippen MR) is 70.8 cm³/mol. The second-order valence-electron chi connectivity index (χ2n) is 3.80. The molecule has 0 aliphatic carbocycles. The van der Waals surface area contributed by atoms with Crippen molar-refractivity contribution in [3.05, 3.63) is 35.9 Å². The Bertz CT molecular complexity index is 590. The number of aryl methyl sites for hydroxylation is 1. The SMILES string of the molecule is COc1ccc(Nc2cc(NN)nc(C)n2)cc1F. The van der Waals surface area contributed by atoms with E-state index in [1.165, 1.54) is 19.2 Å². The summed E-state index contributed by atoms with van der Waals surface area (Å²) in [4.78, 5) is 8.24. The van der Waals surface area contributed by atoms with Crippen molar-refractivity contribution in [3.8, 4) is 5.75 Å². The zero-order chi connectivity index (χ0) is 13.8. The molecule has 2 rings (SSSR count). The van der Waals surface area contributed by atoms with Gasteiger partial charge in [-0.1, -0.05) is 0 Å². The van der Waals surface area contributed by atoms with Gasteiger partial charge < -0.3 is 15.5 Å². The first-order valence-corrected chi connectivity index (χ1v) is 5.55. The van der Waals surface area contributed by atoms with E-state index in [4.69, 9.17) is 10.6 Å². The summed E-state index contributed by atoms with van der Waals surface area (Å²) in [5.41, 5.74) is 2.99. The van der Waals surface area contributed by atoms with Gasteiger partial charge in [-0.15, -0.1) is 0 Å². The number of hydrogen-bond donors (Lipinski definition) is 3. The maximum absolute atomic E-state index is 13.5. The largest absolute Gasteiger partial charge is 0.494 e. The summed E-state index contributed by atoms with van der Waals surface area (Å²) in [6.45, 7) is 1.74. The fourth-order valence-corrected chi connectivity index (χ4v) is 1.60. The molecule has 0 unspecified atom stereocenters. The number of benzene rings is 1. The molecule has 0 radical (unpaired) electrons. The Hall–Kier alpha value is -2.41. The van der Waals surface area contributed by atoms with Crippen molar-refractivity contribution >= 4 is 17.3 Å². The van der Waals surface area contributed by atoms with Gasteiger partial charge in [-0.2, -0.15) is 0 Å². The lowest BCUT2D eigenvalue weighted by Crippen LogP contribution is -2.10. The molecule has 0 fully saturated rings. The number of aromatic nitrogens is 2. The molecule has 1 aromatic heterocycles. The number of methoxy groups -OCH3 is 1. The number of nitrogens with zero attached hydrogens (tertiary/aromatic N) is 2. The van der Waals surface area contributed by atoms with Gasteiger partial charge in [-0.25, -0.2) is 20.2 Å². The highest BCUT2D eigenvalue weighted by Gasteiger charge is 2.05. The zero-order valence-corrected chi connectivity index (χ0v) is 10.6. The Kier molecular flexibility index (Phi) is 3.76. The van der Waals surface area contributed by atoms with Crippen LogP contribution in [0.5, 0.6) is 5.75 Å². The first-order chi connectivity index (χ1) is 9.12. The van der Waals surface area contributed by atoms with Crippen molar-refractivity contribution in [3.63, 3.8) is 0 Å². The maximum atomic E-state index is 13.5. The highest BCUT2D eigenvalue weighted by Crippen LogP contribution is 2.23. The van der Waals surface area contributed by atoms with E-state index >= 15 is 0 Å². The monoisotopic (exact) mass is 263 g/mol. The van der Waals surface area contributed by atoms with Gasteiger partial charge in [0.15, 0.2) is 11.6 Å². The fraction of sp³-hybridized carbons (Fsp3) is 0.167. The number of ether oxygens (including phenoxy) is 1. The van der Waals surface area contributed by atoms with Crippen LogP contribution in [-0.2, 0) is 0 Å². The van der Waals surface area contributed by atoms with Crippen LogP contribution in [0.1, 0.15) is 5.82 Å². The molecule has 100 valence electrons. The highest BCUT2D eigenvalue weighted by molar-refractivity contribution is 5.60. The molecule has 0 saturated heterocycles. The van der Waals surface area contributed by atoms with Gasteiger partial charge in [-0.3, -0.25) is 0 Å². The minimum atomic E-state index is -0.449. The molecule has 0 amide bonds. The number of anilines is 3. The predicted octanol–water partition coefficient (Wildman–Crippen LogP) is 1.96. The third-order valence-electron chi connectivity index (χ3n) is 2.41. The number of halogens is 1. The summed E-state index contributed by atoms with van der Waals surface area (Å²) in [7, 11) is 1.42. The molecule has 0 aliphatic heterocycles. The maximum Gasteiger partial charge on any atom is 0.167 e. The summed E-state index contributed by atoms with van der Waals surface area (Å²) in [5, 5.41) is 2.97. The van der Waals surface area contributed by atoms with Gasteiger partial charge in [0.1, 0.15) is 17.5 Å². The van der Waals surface area contributed by atoms with Crippen LogP contribution in [0.15, 0.2) is 24.3 Å². The molecule has 6 nitrogen and oxygen atoms in total. The van der Waals surface area contributed by atoms with Crippen LogP contribution < -0.4 is 21.3 Å². The van der Waals surface area contributed by atoms with Gasteiger partial charge in [0.2, 0.25) is 0 Å². The quantitative estimate of drug-likeness (QED) is 0.577. The van der Waals surface area contributed by atoms with Gasteiger partial charge in [0.25, 0.3) is 0 Å². The Labute approximate surface area is 109 Å². The lowest BCUT2D eigenvalue weighted by molar-refractivity contribution is 0.386. The van der Waals surface area contributed by atoms with Crippen molar-refractivity contribution in [1.29, 1.82) is 0 Å². The molecule has 2 aromatic rings. The number of nitrogens with two attached hydrogens (primary N) is 1. The second kappa shape index (κ2) is 5.49. The highest BCUT2D eigenvalue weighted by atomic mass is 19.1. The number of nitrogens with one attached hydrogen (secondary N) is 2. The normalized spacial score (nSPS) is 10.1. The van der Waals surface area contributed by atoms with E-state index in [2.05, 4.69) is 20.7 Å². The molecule has 0 aliphatic rings. The first kappa shape index (κ1) is 13.0. The van der Waals surface area contributed by atoms with Gasteiger partial charge in [0.05, 0.1) is 7.11 Å². The molecule has 19 heavy (non-hydrogen) atoms. The zero-order valence-electron chi connectivity index (χ0n) is 10.6. The van der Waals surface area contributed by atoms with Crippen LogP contribution in [0.25, 0.3) is 0 Å². The Morgan fingerprint density at radius 2 is 1.95 bits per heavy atom. The van der Waals surface area contributed by atoms with Crippen LogP contribution >= 0.6 is 0 Å². The summed E-state index contributed by atoms with van der Waals surface area (Å²) < 4.78 is 18.4. The van der Waals surface area contributed by atoms with Crippen LogP contribution in [0.2, 0.25) is 0 Å². The number of hydrogen-bond acceptors (Lipinski definition) is 6. The molecule has 4 N–H and O–H groups in total. The minimum Gasteiger partial charge on any atom is -0.494 e. The van der Waals surface area contributed by atoms with Crippen molar-refractivity contribution < 1.29 is 9.13 Å². The lowest BCUT2D eigenvalue weighted by atomic mass is 10.3. The summed E-state index contributed by atoms with van der Waals surface area (Å²) >= 11 is 0. The number of rotatable bonds is 4. The summed E-state index contributed by atoms with van der Waals surface area (Å²) in [6, 6.07) is 6.17. The van der Waals surface area contributed by atoms with Crippen molar-refractivity contribution in [1.82, 2.24) is 9.97 Å². The van der Waals surface area contributed by atoms with E-state index in [0.29, 0.717) is 23.1 Å². The van der Waals surface area contributed by atoms with E-state index in [1.54, 1.807) is 19.1 Å². The molecule has 7 heteroatoms. The van der Waals surface area contributed by atoms with Crippen molar-refractivity contribution in [2.45, 2.75) is 6.92 Å². The summed E-state index contributed by atoms with van der Waals surface area (Å²) in [5.74, 6) is 6.58. The average molecular weight is 263 g/mol. The molecular formula is C12H14FN5O. The molecule has 1 aromatic carbocycles. The smallest absolute Gasteiger partial charge is 0.167 e. The molecule has 1 heterocycles. The second-order valence-corrected chi connectivity index (χ2v) is 3.80. The van der Waals surface area contributed by atoms with E-state index < -0.39 is 5.82 Å². The van der Waals surface area contributed by atoms with Crippen LogP contribution in [0, 0.1) is 12.7 Å². The van der Waals surface area contributed by atoms with E-state index in [-0.39, 0.29) is 5.75 Å². The Balaban J connectivity index is 2.25. The average Bonchev–Trinajstić information content (AvgIpc) is 2.38. The number of hydrazine groups is 1. The topological polar surface area (TPSA) is 85.1 Å². The number of nitrogen functional groups attached to an aromatic ring is 1.